The number of benzene rings is 2. The molecule has 132 valence electrons. The number of carbonyl (C=O) groups excluding carboxylic acids is 2. The van der Waals surface area contributed by atoms with E-state index in [0.29, 0.717) is 12.3 Å². The Balaban J connectivity index is 1.78. The fourth-order valence-electron chi connectivity index (χ4n) is 2.00. The molecule has 25 heavy (non-hydrogen) atoms. The van der Waals surface area contributed by atoms with E-state index in [0.717, 1.165) is 17.4 Å². The average Bonchev–Trinajstić information content (AvgIpc) is 2.58. The van der Waals surface area contributed by atoms with Crippen LogP contribution < -0.4 is 10.1 Å². The van der Waals surface area contributed by atoms with Gasteiger partial charge < -0.3 is 14.8 Å². The molecule has 0 spiro atoms. The van der Waals surface area contributed by atoms with Crippen LogP contribution in [0.15, 0.2) is 42.5 Å². The van der Waals surface area contributed by atoms with E-state index in [1.807, 2.05) is 6.92 Å². The molecule has 0 aromatic heterocycles. The molecule has 1 amide bonds. The van der Waals surface area contributed by atoms with Gasteiger partial charge in [-0.3, -0.25) is 9.59 Å². The maximum atomic E-state index is 13.0. The van der Waals surface area contributed by atoms with E-state index >= 15 is 0 Å². The number of carbonyl (C=O) groups is 2. The first-order valence-electron chi connectivity index (χ1n) is 7.60. The minimum atomic E-state index is -0.582. The number of hydrogen-bond donors (Lipinski definition) is 1. The van der Waals surface area contributed by atoms with E-state index in [1.165, 1.54) is 12.1 Å². The van der Waals surface area contributed by atoms with E-state index in [2.05, 4.69) is 5.32 Å². The highest BCUT2D eigenvalue weighted by atomic mass is 35.5. The molecule has 0 aliphatic heterocycles. The van der Waals surface area contributed by atoms with Crippen LogP contribution in [0, 0.1) is 5.82 Å². The summed E-state index contributed by atoms with van der Waals surface area (Å²) in [6.07, 6.45) is 0.0437. The van der Waals surface area contributed by atoms with Crippen molar-refractivity contribution in [1.82, 2.24) is 0 Å². The van der Waals surface area contributed by atoms with Crippen LogP contribution in [0.2, 0.25) is 5.02 Å². The third-order valence-corrected chi connectivity index (χ3v) is 3.44. The smallest absolute Gasteiger partial charge is 0.310 e. The van der Waals surface area contributed by atoms with Crippen LogP contribution in [-0.4, -0.2) is 25.1 Å². The van der Waals surface area contributed by atoms with Gasteiger partial charge in [-0.05, 0) is 42.8 Å². The van der Waals surface area contributed by atoms with Crippen molar-refractivity contribution in [2.45, 2.75) is 13.3 Å². The second kappa shape index (κ2) is 9.03. The Bertz CT molecular complexity index is 749. The Morgan fingerprint density at radius 1 is 1.16 bits per heavy atom. The van der Waals surface area contributed by atoms with Gasteiger partial charge in [0.05, 0.1) is 18.1 Å². The molecule has 0 aliphatic rings. The lowest BCUT2D eigenvalue weighted by Gasteiger charge is -2.08. The number of esters is 1. The van der Waals surface area contributed by atoms with Crippen LogP contribution in [-0.2, 0) is 20.7 Å². The Labute approximate surface area is 149 Å². The van der Waals surface area contributed by atoms with Gasteiger partial charge in [0.15, 0.2) is 6.61 Å². The molecular formula is C18H17ClFNO4. The van der Waals surface area contributed by atoms with Gasteiger partial charge >= 0.3 is 5.97 Å². The molecule has 0 heterocycles. The zero-order valence-electron chi connectivity index (χ0n) is 13.6. The summed E-state index contributed by atoms with van der Waals surface area (Å²) in [6, 6.07) is 10.8. The van der Waals surface area contributed by atoms with Crippen molar-refractivity contribution in [3.05, 3.63) is 58.9 Å². The lowest BCUT2D eigenvalue weighted by Crippen LogP contribution is -2.21. The van der Waals surface area contributed by atoms with Crippen LogP contribution in [0.25, 0.3) is 0 Å². The third kappa shape index (κ3) is 6.08. The van der Waals surface area contributed by atoms with Crippen molar-refractivity contribution < 1.29 is 23.5 Å². The summed E-state index contributed by atoms with van der Waals surface area (Å²) in [7, 11) is 0. The number of hydrogen-bond acceptors (Lipinski definition) is 4. The highest BCUT2D eigenvalue weighted by Crippen LogP contribution is 2.19. The summed E-state index contributed by atoms with van der Waals surface area (Å²) >= 11 is 5.63. The molecule has 2 rings (SSSR count). The van der Waals surface area contributed by atoms with Crippen molar-refractivity contribution in [2.24, 2.45) is 0 Å². The van der Waals surface area contributed by atoms with Crippen LogP contribution in [0.5, 0.6) is 5.75 Å². The Hall–Kier alpha value is -2.60. The first-order valence-corrected chi connectivity index (χ1v) is 7.98. The molecule has 7 heteroatoms. The largest absolute Gasteiger partial charge is 0.494 e. The van der Waals surface area contributed by atoms with Crippen molar-refractivity contribution >= 4 is 29.2 Å². The van der Waals surface area contributed by atoms with Gasteiger partial charge in [0.1, 0.15) is 11.6 Å². The van der Waals surface area contributed by atoms with Crippen molar-refractivity contribution in [1.29, 1.82) is 0 Å². The molecule has 0 bridgehead atoms. The molecule has 0 unspecified atom stereocenters. The number of ether oxygens (including phenoxy) is 2. The Morgan fingerprint density at radius 3 is 2.52 bits per heavy atom. The van der Waals surface area contributed by atoms with Crippen LogP contribution in [0.4, 0.5) is 10.1 Å². The lowest BCUT2D eigenvalue weighted by molar-refractivity contribution is -0.146. The normalized spacial score (nSPS) is 10.2. The quantitative estimate of drug-likeness (QED) is 0.761. The van der Waals surface area contributed by atoms with Crippen LogP contribution in [0.1, 0.15) is 12.5 Å². The van der Waals surface area contributed by atoms with Gasteiger partial charge in [0.25, 0.3) is 5.91 Å². The first-order chi connectivity index (χ1) is 12.0. The topological polar surface area (TPSA) is 64.6 Å². The number of halogens is 2. The number of amides is 1. The molecule has 1 N–H and O–H groups in total. The molecule has 2 aromatic carbocycles. The fourth-order valence-corrected chi connectivity index (χ4v) is 2.19. The van der Waals surface area contributed by atoms with Gasteiger partial charge in [0, 0.05) is 5.69 Å². The minimum Gasteiger partial charge on any atom is -0.494 e. The standard InChI is InChI=1S/C18H17ClFNO4/c1-2-24-14-6-3-12(4-7-14)9-18(23)25-11-17(22)21-13-5-8-16(20)15(19)10-13/h3-8,10H,2,9,11H2,1H3,(H,21,22). The van der Waals surface area contributed by atoms with Crippen LogP contribution in [0.3, 0.4) is 0 Å². The van der Waals surface area contributed by atoms with Crippen molar-refractivity contribution in [2.75, 3.05) is 18.5 Å². The van der Waals surface area contributed by atoms with Crippen LogP contribution >= 0.6 is 11.6 Å². The summed E-state index contributed by atoms with van der Waals surface area (Å²) in [5.74, 6) is -0.933. The SMILES string of the molecule is CCOc1ccc(CC(=O)OCC(=O)Nc2ccc(F)c(Cl)c2)cc1. The van der Waals surface area contributed by atoms with E-state index < -0.39 is 24.3 Å². The second-order valence-corrected chi connectivity index (χ2v) is 5.50. The van der Waals surface area contributed by atoms with Gasteiger partial charge in [-0.25, -0.2) is 4.39 Å². The average molecular weight is 366 g/mol. The zero-order valence-corrected chi connectivity index (χ0v) is 14.3. The number of nitrogens with one attached hydrogen (secondary N) is 1. The lowest BCUT2D eigenvalue weighted by atomic mass is 10.1. The molecule has 2 aromatic rings. The second-order valence-electron chi connectivity index (χ2n) is 5.09. The molecule has 0 radical (unpaired) electrons. The summed E-state index contributed by atoms with van der Waals surface area (Å²) in [5, 5.41) is 2.36. The number of anilines is 1. The van der Waals surface area contributed by atoms with E-state index in [1.54, 1.807) is 24.3 Å². The maximum Gasteiger partial charge on any atom is 0.310 e. The third-order valence-electron chi connectivity index (χ3n) is 3.15. The molecule has 5 nitrogen and oxygen atoms in total. The maximum absolute atomic E-state index is 13.0. The molecule has 0 aliphatic carbocycles. The molecule has 0 fully saturated rings. The monoisotopic (exact) mass is 365 g/mol. The summed E-state index contributed by atoms with van der Waals surface area (Å²) in [6.45, 7) is 2.01. The Kier molecular flexibility index (Phi) is 6.77. The molecule has 0 atom stereocenters. The van der Waals surface area contributed by atoms with E-state index in [4.69, 9.17) is 21.1 Å². The van der Waals surface area contributed by atoms with Gasteiger partial charge in [-0.1, -0.05) is 23.7 Å². The minimum absolute atomic E-state index is 0.0437. The molecular weight excluding hydrogens is 349 g/mol. The van der Waals surface area contributed by atoms with Crippen molar-refractivity contribution in [3.63, 3.8) is 0 Å². The van der Waals surface area contributed by atoms with Gasteiger partial charge in [-0.2, -0.15) is 0 Å². The highest BCUT2D eigenvalue weighted by molar-refractivity contribution is 6.31. The highest BCUT2D eigenvalue weighted by Gasteiger charge is 2.10. The predicted molar refractivity (Wildman–Crippen MR) is 92.3 cm³/mol. The summed E-state index contributed by atoms with van der Waals surface area (Å²) < 4.78 is 23.3. The van der Waals surface area contributed by atoms with E-state index in [-0.39, 0.29) is 11.4 Å². The zero-order chi connectivity index (χ0) is 18.2. The Morgan fingerprint density at radius 2 is 1.88 bits per heavy atom. The summed E-state index contributed by atoms with van der Waals surface area (Å²) in [5.41, 5.74) is 1.07. The van der Waals surface area contributed by atoms with E-state index in [9.17, 15) is 14.0 Å². The molecule has 0 saturated heterocycles. The van der Waals surface area contributed by atoms with Crippen molar-refractivity contribution in [3.8, 4) is 5.75 Å². The van der Waals surface area contributed by atoms with Gasteiger partial charge in [0.2, 0.25) is 0 Å². The summed E-state index contributed by atoms with van der Waals surface area (Å²) in [4.78, 5) is 23.5. The molecule has 0 saturated carbocycles. The fraction of sp³-hybridized carbons (Fsp3) is 0.222. The predicted octanol–water partition coefficient (Wildman–Crippen LogP) is 3.60. The first kappa shape index (κ1) is 18.7. The number of rotatable bonds is 7. The van der Waals surface area contributed by atoms with Gasteiger partial charge in [-0.15, -0.1) is 0 Å².